The molecule has 2 heterocycles. The van der Waals surface area contributed by atoms with Crippen molar-refractivity contribution in [1.29, 1.82) is 0 Å². The maximum atomic E-state index is 12.2. The van der Waals surface area contributed by atoms with Crippen LogP contribution in [-0.4, -0.2) is 25.1 Å². The normalized spacial score (nSPS) is 11.9. The van der Waals surface area contributed by atoms with Gasteiger partial charge in [0.15, 0.2) is 5.82 Å². The second-order valence-corrected chi connectivity index (χ2v) is 7.99. The van der Waals surface area contributed by atoms with Crippen molar-refractivity contribution in [3.8, 4) is 0 Å². The third-order valence-electron chi connectivity index (χ3n) is 2.37. The van der Waals surface area contributed by atoms with Gasteiger partial charge >= 0.3 is 0 Å². The van der Waals surface area contributed by atoms with E-state index in [9.17, 15) is 8.42 Å². The van der Waals surface area contributed by atoms with Crippen LogP contribution < -0.4 is 10.0 Å². The molecule has 0 amide bonds. The van der Waals surface area contributed by atoms with Crippen LogP contribution in [0.3, 0.4) is 0 Å². The number of halogens is 1. The van der Waals surface area contributed by atoms with Gasteiger partial charge in [-0.3, -0.25) is 0 Å². The molecule has 2 aromatic heterocycles. The van der Waals surface area contributed by atoms with Crippen molar-refractivity contribution < 1.29 is 12.9 Å². The van der Waals surface area contributed by atoms with E-state index in [0.717, 1.165) is 17.8 Å². The van der Waals surface area contributed by atoms with Gasteiger partial charge in [-0.15, -0.1) is 11.3 Å². The molecule has 0 saturated carbocycles. The minimum Gasteiger partial charge on any atom is -0.343 e. The molecule has 10 heteroatoms. The van der Waals surface area contributed by atoms with Crippen LogP contribution in [0.2, 0.25) is 0 Å². The SMILES string of the molecule is CCNCc1cc(S(=O)(=O)NCc2ncon2)c(Br)s1. The molecule has 0 aliphatic carbocycles. The Labute approximate surface area is 129 Å². The fraction of sp³-hybridized carbons (Fsp3) is 0.400. The zero-order chi connectivity index (χ0) is 14.6. The number of hydrogen-bond donors (Lipinski definition) is 2. The molecule has 0 bridgehead atoms. The van der Waals surface area contributed by atoms with Gasteiger partial charge in [-0.25, -0.2) is 13.1 Å². The fourth-order valence-electron chi connectivity index (χ4n) is 1.42. The fourth-order valence-corrected chi connectivity index (χ4v) is 5.05. The summed E-state index contributed by atoms with van der Waals surface area (Å²) in [6.07, 6.45) is 1.15. The largest absolute Gasteiger partial charge is 0.343 e. The summed E-state index contributed by atoms with van der Waals surface area (Å²) in [6, 6.07) is 1.65. The van der Waals surface area contributed by atoms with Crippen LogP contribution in [-0.2, 0) is 23.1 Å². The number of hydrogen-bond acceptors (Lipinski definition) is 7. The maximum absolute atomic E-state index is 12.2. The van der Waals surface area contributed by atoms with E-state index in [1.807, 2.05) is 6.92 Å². The molecule has 2 rings (SSSR count). The van der Waals surface area contributed by atoms with Crippen LogP contribution in [0.5, 0.6) is 0 Å². The molecule has 7 nitrogen and oxygen atoms in total. The number of aromatic nitrogens is 2. The number of sulfonamides is 1. The highest BCUT2D eigenvalue weighted by atomic mass is 79.9. The summed E-state index contributed by atoms with van der Waals surface area (Å²) in [5, 5.41) is 6.70. The zero-order valence-electron chi connectivity index (χ0n) is 10.6. The Morgan fingerprint density at radius 3 is 2.90 bits per heavy atom. The van der Waals surface area contributed by atoms with Crippen molar-refractivity contribution in [1.82, 2.24) is 20.2 Å². The third kappa shape index (κ3) is 3.85. The molecule has 0 saturated heterocycles. The summed E-state index contributed by atoms with van der Waals surface area (Å²) in [4.78, 5) is 4.92. The van der Waals surface area contributed by atoms with Crippen molar-refractivity contribution >= 4 is 37.3 Å². The first-order chi connectivity index (χ1) is 9.53. The summed E-state index contributed by atoms with van der Waals surface area (Å²) in [5.74, 6) is 0.285. The van der Waals surface area contributed by atoms with E-state index in [-0.39, 0.29) is 17.3 Å². The molecule has 110 valence electrons. The van der Waals surface area contributed by atoms with Crippen molar-refractivity contribution in [2.75, 3.05) is 6.54 Å². The van der Waals surface area contributed by atoms with Gasteiger partial charge in [-0.2, -0.15) is 4.98 Å². The average Bonchev–Trinajstić information content (AvgIpc) is 3.03. The Morgan fingerprint density at radius 1 is 1.45 bits per heavy atom. The molecule has 2 aromatic rings. The van der Waals surface area contributed by atoms with Gasteiger partial charge < -0.3 is 9.84 Å². The van der Waals surface area contributed by atoms with Crippen LogP contribution in [0, 0.1) is 0 Å². The first-order valence-corrected chi connectivity index (χ1v) is 8.86. The van der Waals surface area contributed by atoms with Gasteiger partial charge in [-0.05, 0) is 28.5 Å². The van der Waals surface area contributed by atoms with Gasteiger partial charge in [0, 0.05) is 11.4 Å². The lowest BCUT2D eigenvalue weighted by Gasteiger charge is -2.02. The van der Waals surface area contributed by atoms with E-state index in [2.05, 4.69) is 40.6 Å². The van der Waals surface area contributed by atoms with E-state index in [4.69, 9.17) is 0 Å². The molecule has 0 atom stereocenters. The first kappa shape index (κ1) is 15.6. The number of nitrogens with zero attached hydrogens (tertiary/aromatic N) is 2. The van der Waals surface area contributed by atoms with Crippen molar-refractivity contribution in [2.45, 2.75) is 24.9 Å². The Bertz CT molecular complexity index is 654. The van der Waals surface area contributed by atoms with Crippen LogP contribution in [0.25, 0.3) is 0 Å². The highest BCUT2D eigenvalue weighted by Crippen LogP contribution is 2.31. The van der Waals surface area contributed by atoms with Gasteiger partial charge in [0.1, 0.15) is 4.90 Å². The first-order valence-electron chi connectivity index (χ1n) is 5.76. The minimum absolute atomic E-state index is 0.0103. The molecule has 0 fully saturated rings. The van der Waals surface area contributed by atoms with E-state index in [1.54, 1.807) is 6.07 Å². The lowest BCUT2D eigenvalue weighted by atomic mass is 10.4. The molecule has 2 N–H and O–H groups in total. The molecule has 0 aliphatic heterocycles. The number of thiophene rings is 1. The van der Waals surface area contributed by atoms with E-state index in [0.29, 0.717) is 10.3 Å². The summed E-state index contributed by atoms with van der Waals surface area (Å²) >= 11 is 4.68. The Kier molecular flexibility index (Phi) is 5.27. The molecule has 0 aliphatic rings. The monoisotopic (exact) mass is 380 g/mol. The summed E-state index contributed by atoms with van der Waals surface area (Å²) in [6.45, 7) is 3.45. The molecule has 20 heavy (non-hydrogen) atoms. The molecule has 0 radical (unpaired) electrons. The summed E-state index contributed by atoms with van der Waals surface area (Å²) in [5.41, 5.74) is 0. The van der Waals surface area contributed by atoms with Crippen LogP contribution in [0.4, 0.5) is 0 Å². The standard InChI is InChI=1S/C10H13BrN4O3S2/c1-2-12-4-7-3-8(10(11)19-7)20(16,17)14-5-9-13-6-18-15-9/h3,6,12,14H,2,4-5H2,1H3. The van der Waals surface area contributed by atoms with Gasteiger partial charge in [0.25, 0.3) is 0 Å². The number of nitrogens with one attached hydrogen (secondary N) is 2. The van der Waals surface area contributed by atoms with Crippen LogP contribution >= 0.6 is 27.3 Å². The smallest absolute Gasteiger partial charge is 0.242 e. The van der Waals surface area contributed by atoms with E-state index < -0.39 is 10.0 Å². The number of rotatable bonds is 7. The average molecular weight is 381 g/mol. The Hall–Kier alpha value is -0.810. The van der Waals surface area contributed by atoms with Crippen LogP contribution in [0.15, 0.2) is 25.7 Å². The predicted molar refractivity (Wildman–Crippen MR) is 77.7 cm³/mol. The summed E-state index contributed by atoms with van der Waals surface area (Å²) in [7, 11) is -3.61. The van der Waals surface area contributed by atoms with Gasteiger partial charge in [0.2, 0.25) is 16.4 Å². The Morgan fingerprint density at radius 2 is 2.25 bits per heavy atom. The molecule has 0 aromatic carbocycles. The quantitative estimate of drug-likeness (QED) is 0.754. The van der Waals surface area contributed by atoms with Crippen molar-refractivity contribution in [3.63, 3.8) is 0 Å². The lowest BCUT2D eigenvalue weighted by molar-refractivity contribution is 0.409. The topological polar surface area (TPSA) is 97.1 Å². The van der Waals surface area contributed by atoms with Crippen molar-refractivity contribution in [2.24, 2.45) is 0 Å². The molecular weight excluding hydrogens is 368 g/mol. The Balaban J connectivity index is 2.10. The summed E-state index contributed by atoms with van der Waals surface area (Å²) < 4.78 is 31.9. The lowest BCUT2D eigenvalue weighted by Crippen LogP contribution is -2.23. The second kappa shape index (κ2) is 6.76. The highest BCUT2D eigenvalue weighted by Gasteiger charge is 2.21. The molecule has 0 spiro atoms. The van der Waals surface area contributed by atoms with Gasteiger partial charge in [-0.1, -0.05) is 12.1 Å². The zero-order valence-corrected chi connectivity index (χ0v) is 13.8. The van der Waals surface area contributed by atoms with E-state index in [1.165, 1.54) is 11.3 Å². The predicted octanol–water partition coefficient (Wildman–Crippen LogP) is 1.48. The van der Waals surface area contributed by atoms with Crippen molar-refractivity contribution in [3.05, 3.63) is 26.9 Å². The maximum Gasteiger partial charge on any atom is 0.242 e. The second-order valence-electron chi connectivity index (χ2n) is 3.80. The van der Waals surface area contributed by atoms with Gasteiger partial charge in [0.05, 0.1) is 10.3 Å². The molecule has 0 unspecified atom stereocenters. The van der Waals surface area contributed by atoms with E-state index >= 15 is 0 Å². The van der Waals surface area contributed by atoms with Crippen LogP contribution in [0.1, 0.15) is 17.6 Å². The minimum atomic E-state index is -3.61. The molecular formula is C10H13BrN4O3S2. The third-order valence-corrected chi connectivity index (χ3v) is 6.03. The highest BCUT2D eigenvalue weighted by molar-refractivity contribution is 9.11.